The van der Waals surface area contributed by atoms with E-state index in [1.165, 1.54) is 109 Å². The number of hydrogen-bond acceptors (Lipinski definition) is 5. The van der Waals surface area contributed by atoms with Crippen LogP contribution in [0.25, 0.3) is 0 Å². The van der Waals surface area contributed by atoms with Gasteiger partial charge in [0.15, 0.2) is 0 Å². The smallest absolute Gasteiger partial charge is 1.00 e. The molecule has 9 fully saturated rings. The molecule has 0 aromatic carbocycles. The third-order valence-electron chi connectivity index (χ3n) is 23.5. The van der Waals surface area contributed by atoms with Crippen molar-refractivity contribution in [2.45, 2.75) is 260 Å². The minimum absolute atomic E-state index is 0. The summed E-state index contributed by atoms with van der Waals surface area (Å²) in [5.74, 6) is 10.0. The van der Waals surface area contributed by atoms with Crippen molar-refractivity contribution in [2.24, 2.45) is 92.7 Å². The second-order valence-electron chi connectivity index (χ2n) is 26.0. The summed E-state index contributed by atoms with van der Waals surface area (Å²) in [4.78, 5) is 10.9. The molecule has 8 aliphatic carbocycles. The van der Waals surface area contributed by atoms with Crippen molar-refractivity contribution in [1.29, 1.82) is 0 Å². The van der Waals surface area contributed by atoms with E-state index in [4.69, 9.17) is 4.74 Å². The molecular weight excluding hydrogens is 905 g/mol. The Hall–Kier alpha value is 0.756. The number of carbonyl (C=O) groups excluding carboxylic acids is 1. The second kappa shape index (κ2) is 25.3. The number of halogens is 1. The quantitative estimate of drug-likeness (QED) is 0.109. The third-order valence-corrected chi connectivity index (χ3v) is 23.5. The average molecular weight is 1010 g/mol. The van der Waals surface area contributed by atoms with E-state index in [0.717, 1.165) is 149 Å². The maximum absolute atomic E-state index is 11.0. The van der Waals surface area contributed by atoms with Crippen LogP contribution < -0.4 is 17.0 Å². The Balaban J connectivity index is 0.000000250. The average Bonchev–Trinajstić information content (AvgIpc) is 4.09. The molecule has 19 atom stereocenters. The molecule has 67 heavy (non-hydrogen) atoms. The number of aliphatic hydroxyl groups excluding tert-OH is 1. The first-order chi connectivity index (χ1) is 30.9. The summed E-state index contributed by atoms with van der Waals surface area (Å²) in [6.07, 6.45) is 33.8. The summed E-state index contributed by atoms with van der Waals surface area (Å²) in [6, 6.07) is 0. The van der Waals surface area contributed by atoms with Crippen LogP contribution in [0.2, 0.25) is 0 Å². The topological polar surface area (TPSA) is 87.0 Å². The zero-order chi connectivity index (χ0) is 47.4. The first-order valence-electron chi connectivity index (χ1n) is 28.8. The zero-order valence-corrected chi connectivity index (χ0v) is 48.5. The van der Waals surface area contributed by atoms with Gasteiger partial charge in [-0.2, -0.15) is 6.92 Å². The molecule has 8 saturated carbocycles. The van der Waals surface area contributed by atoms with Crippen LogP contribution in [-0.4, -0.2) is 75.2 Å². The maximum atomic E-state index is 11.0. The van der Waals surface area contributed by atoms with Crippen LogP contribution in [0.15, 0.2) is 0 Å². The summed E-state index contributed by atoms with van der Waals surface area (Å²) in [5, 5.41) is 32.0. The van der Waals surface area contributed by atoms with Crippen molar-refractivity contribution in [3.8, 4) is 0 Å². The van der Waals surface area contributed by atoms with Gasteiger partial charge in [-0.05, 0) is 260 Å². The minimum Gasteiger partial charge on any atom is -1.00 e. The molecule has 0 aromatic rings. The largest absolute Gasteiger partial charge is 2.00 e. The molecule has 3 N–H and O–H groups in total. The zero-order valence-electron chi connectivity index (χ0n) is 45.5. The monoisotopic (exact) mass is 1010 g/mol. The Kier molecular flexibility index (Phi) is 22.8. The van der Waals surface area contributed by atoms with Gasteiger partial charge < -0.3 is 48.8 Å². The summed E-state index contributed by atoms with van der Waals surface area (Å²) < 4.78 is 4.94. The fraction of sp³-hybridized carbons (Fsp3) is 0.967. The van der Waals surface area contributed by atoms with Gasteiger partial charge in [0.2, 0.25) is 0 Å². The van der Waals surface area contributed by atoms with Crippen molar-refractivity contribution in [3.63, 3.8) is 0 Å². The van der Waals surface area contributed by atoms with Gasteiger partial charge in [-0.25, -0.2) is 0 Å². The van der Waals surface area contributed by atoms with E-state index in [1.54, 1.807) is 6.92 Å². The van der Waals surface area contributed by atoms with E-state index in [0.29, 0.717) is 27.6 Å². The molecule has 9 rings (SSSR count). The van der Waals surface area contributed by atoms with E-state index < -0.39 is 0 Å². The minimum atomic E-state index is -0.382. The molecule has 386 valence electrons. The van der Waals surface area contributed by atoms with Gasteiger partial charge in [0.1, 0.15) is 6.29 Å². The van der Waals surface area contributed by atoms with Gasteiger partial charge >= 0.3 is 23.1 Å². The molecule has 1 unspecified atom stereocenters. The fourth-order valence-electron chi connectivity index (χ4n) is 19.1. The molecule has 9 aliphatic rings. The molecule has 0 radical (unpaired) electrons. The number of ether oxygens (including phenoxy) is 1. The van der Waals surface area contributed by atoms with Gasteiger partial charge in [0, 0.05) is 19.6 Å². The van der Waals surface area contributed by atoms with Crippen molar-refractivity contribution in [1.82, 2.24) is 0 Å². The predicted molar refractivity (Wildman–Crippen MR) is 277 cm³/mol. The van der Waals surface area contributed by atoms with Gasteiger partial charge in [-0.3, -0.25) is 0 Å². The van der Waals surface area contributed by atoms with Crippen molar-refractivity contribution < 1.29 is 41.8 Å². The molecule has 0 bridgehead atoms. The van der Waals surface area contributed by atoms with Crippen LogP contribution >= 0.6 is 0 Å². The molecule has 5 nitrogen and oxygen atoms in total. The number of carbonyl (C=O) groups is 1. The van der Waals surface area contributed by atoms with Crippen LogP contribution in [0.5, 0.6) is 0 Å². The maximum Gasteiger partial charge on any atom is 2.00 e. The Morgan fingerprint density at radius 1 is 0.582 bits per heavy atom. The van der Waals surface area contributed by atoms with E-state index in [1.807, 2.05) is 0 Å². The standard InChI is InChI=1S/C28H50O2.C26H44O2.C4H8O.C2H5.BrH.Mg/c1-6-21(29)10-8-19(3)23-12-13-24-22-11-9-20-18-28(30,7-2)17-16-26(20,4)25(22)14-15-27(23,24)5;1-5-26(28)15-14-24(3)19(17-26)8-9-20-22-11-10-21(18(2)7-6-16-27)25(22,4)13-12-23(20)24;1-2-4-5-3-1;1-2;;/h19-25,29-30H,6-18H2,1-5H3;16,18-23,28H,5-15,17H2,1-4H3;1-4H2;1H2,2H3;1H;/q;;;-1;;+2/p-1/t19-,20+,21?,22+,23-,24+,25+,26+,27-,28+;18-,19+,20+,21-,22+,23+,24+,25-,26+;;;;/m11..../s1. The summed E-state index contributed by atoms with van der Waals surface area (Å²) in [5.41, 5.74) is 1.21. The number of rotatable bonds is 11. The third kappa shape index (κ3) is 12.3. The second-order valence-corrected chi connectivity index (χ2v) is 26.0. The molecule has 1 heterocycles. The first-order valence-corrected chi connectivity index (χ1v) is 28.8. The van der Waals surface area contributed by atoms with Gasteiger partial charge in [-0.1, -0.05) is 62.3 Å². The van der Waals surface area contributed by atoms with E-state index in [9.17, 15) is 20.1 Å². The Labute approximate surface area is 441 Å². The molecule has 7 heteroatoms. The summed E-state index contributed by atoms with van der Waals surface area (Å²) in [6.45, 7) is 28.9. The Morgan fingerprint density at radius 3 is 1.37 bits per heavy atom. The van der Waals surface area contributed by atoms with Crippen molar-refractivity contribution in [2.75, 3.05) is 13.2 Å². The van der Waals surface area contributed by atoms with E-state index in [2.05, 4.69) is 69.2 Å². The van der Waals surface area contributed by atoms with Crippen molar-refractivity contribution in [3.05, 3.63) is 6.92 Å². The predicted octanol–water partition coefficient (Wildman–Crippen LogP) is 11.6. The van der Waals surface area contributed by atoms with Crippen LogP contribution in [-0.2, 0) is 9.53 Å². The number of hydrogen-bond donors (Lipinski definition) is 3. The number of fused-ring (bicyclic) bond motifs is 10. The SMILES string of the molecule is C1CCOC1.CCC(O)CC[C@@H](C)[C@H]1CC[C@H]2[C@@H]3CC[C@H]4C[C@](O)(CC)CC[C@]4(C)[C@H]3CC[C@]12C.CC[C@]1(O)CC[C@@]2(C)[C@@H](CC[C@@H]3[C@@H]2CC[C@]2(C)[C@@H]([C@H](C)CCC=O)CC[C@@H]32)C1.[Br-].[CH2-]C.[Mg+2]. The Morgan fingerprint density at radius 2 is 1.00 bits per heavy atom. The van der Waals surface area contributed by atoms with Gasteiger partial charge in [0.25, 0.3) is 0 Å². The number of aldehydes is 1. The summed E-state index contributed by atoms with van der Waals surface area (Å²) >= 11 is 0. The first kappa shape index (κ1) is 60.3. The van der Waals surface area contributed by atoms with Crippen LogP contribution in [0.4, 0.5) is 0 Å². The molecule has 0 aromatic heterocycles. The van der Waals surface area contributed by atoms with Gasteiger partial charge in [0.05, 0.1) is 17.3 Å². The molecule has 0 amide bonds. The molecule has 1 saturated heterocycles. The Bertz CT molecular complexity index is 1490. The van der Waals surface area contributed by atoms with Crippen LogP contribution in [0.3, 0.4) is 0 Å². The van der Waals surface area contributed by atoms with Crippen molar-refractivity contribution >= 4 is 29.3 Å². The molecule has 1 aliphatic heterocycles. The van der Waals surface area contributed by atoms with E-state index >= 15 is 0 Å². The van der Waals surface area contributed by atoms with Crippen LogP contribution in [0.1, 0.15) is 243 Å². The fourth-order valence-corrected chi connectivity index (χ4v) is 19.1. The normalized spacial score (nSPS) is 46.0. The van der Waals surface area contributed by atoms with Gasteiger partial charge in [-0.15, -0.1) is 0 Å². The van der Waals surface area contributed by atoms with Crippen LogP contribution in [0, 0.1) is 99.6 Å². The molecule has 0 spiro atoms. The summed E-state index contributed by atoms with van der Waals surface area (Å²) in [7, 11) is 0. The van der Waals surface area contributed by atoms with E-state index in [-0.39, 0.29) is 57.3 Å². The molecular formula is C60H107BrMgO5. The number of aliphatic hydroxyl groups is 3.